The molecule has 1 aliphatic carbocycles. The summed E-state index contributed by atoms with van der Waals surface area (Å²) < 4.78 is 7.65. The molecular formula is C19H34N6O. The Labute approximate surface area is 157 Å². The first kappa shape index (κ1) is 19.1. The highest BCUT2D eigenvalue weighted by molar-refractivity contribution is 5.80. The van der Waals surface area contributed by atoms with Gasteiger partial charge < -0.3 is 19.5 Å². The molecule has 1 unspecified atom stereocenters. The smallest absolute Gasteiger partial charge is 0.194 e. The fraction of sp³-hybridized carbons (Fsp3) is 0.842. The lowest BCUT2D eigenvalue weighted by Gasteiger charge is -2.29. The van der Waals surface area contributed by atoms with Crippen molar-refractivity contribution in [3.63, 3.8) is 0 Å². The van der Waals surface area contributed by atoms with Crippen LogP contribution in [0.25, 0.3) is 0 Å². The van der Waals surface area contributed by atoms with Gasteiger partial charge in [-0.15, -0.1) is 10.2 Å². The Balaban J connectivity index is 1.66. The van der Waals surface area contributed by atoms with Crippen molar-refractivity contribution >= 4 is 5.96 Å². The fourth-order valence-electron chi connectivity index (χ4n) is 3.85. The van der Waals surface area contributed by atoms with Crippen molar-refractivity contribution in [2.24, 2.45) is 18.0 Å². The molecule has 1 saturated carbocycles. The first-order valence-corrected chi connectivity index (χ1v) is 10.2. The standard InChI is InChI=1S/C19H34N6O/c1-4-26-14-16-10-11-25(13-16)19(21-17-8-6-5-7-9-17)20-12-18-23-22-15(2)24(18)3/h16-17H,4-14H2,1-3H3,(H,20,21). The van der Waals surface area contributed by atoms with Crippen LogP contribution < -0.4 is 5.32 Å². The van der Waals surface area contributed by atoms with Crippen LogP contribution in [0.5, 0.6) is 0 Å². The van der Waals surface area contributed by atoms with E-state index in [1.165, 1.54) is 38.5 Å². The highest BCUT2D eigenvalue weighted by Crippen LogP contribution is 2.20. The van der Waals surface area contributed by atoms with Crippen molar-refractivity contribution in [2.45, 2.75) is 65.0 Å². The van der Waals surface area contributed by atoms with Gasteiger partial charge in [0.05, 0.1) is 6.61 Å². The molecule has 26 heavy (non-hydrogen) atoms. The number of likely N-dealkylation sites (tertiary alicyclic amines) is 1. The summed E-state index contributed by atoms with van der Waals surface area (Å²) in [4.78, 5) is 7.33. The Kier molecular flexibility index (Phi) is 6.88. The van der Waals surface area contributed by atoms with Gasteiger partial charge in [0, 0.05) is 38.7 Å². The van der Waals surface area contributed by atoms with Gasteiger partial charge in [0.1, 0.15) is 12.4 Å². The van der Waals surface area contributed by atoms with E-state index in [-0.39, 0.29) is 0 Å². The molecule has 1 atom stereocenters. The molecule has 0 spiro atoms. The molecule has 146 valence electrons. The molecule has 1 aromatic rings. The van der Waals surface area contributed by atoms with Crippen molar-refractivity contribution in [1.82, 2.24) is 25.0 Å². The number of rotatable bonds is 6. The highest BCUT2D eigenvalue weighted by atomic mass is 16.5. The van der Waals surface area contributed by atoms with Gasteiger partial charge in [-0.25, -0.2) is 4.99 Å². The SMILES string of the molecule is CCOCC1CCN(C(=NCc2nnc(C)n2C)NC2CCCCC2)C1. The van der Waals surface area contributed by atoms with Crippen LogP contribution in [0.4, 0.5) is 0 Å². The number of aromatic nitrogens is 3. The van der Waals surface area contributed by atoms with E-state index < -0.39 is 0 Å². The fourth-order valence-corrected chi connectivity index (χ4v) is 3.85. The van der Waals surface area contributed by atoms with Crippen LogP contribution in [0.2, 0.25) is 0 Å². The monoisotopic (exact) mass is 362 g/mol. The van der Waals surface area contributed by atoms with Crippen LogP contribution in [0.1, 0.15) is 57.1 Å². The number of aliphatic imine (C=N–C) groups is 1. The number of aryl methyl sites for hydroxylation is 1. The summed E-state index contributed by atoms with van der Waals surface area (Å²) >= 11 is 0. The number of nitrogens with one attached hydrogen (secondary N) is 1. The Morgan fingerprint density at radius 2 is 2.04 bits per heavy atom. The minimum Gasteiger partial charge on any atom is -0.381 e. The largest absolute Gasteiger partial charge is 0.381 e. The number of ether oxygens (including phenoxy) is 1. The summed E-state index contributed by atoms with van der Waals surface area (Å²) in [6.07, 6.45) is 7.68. The minimum absolute atomic E-state index is 0.551. The zero-order chi connectivity index (χ0) is 18.4. The van der Waals surface area contributed by atoms with Crippen LogP contribution in [0.15, 0.2) is 4.99 Å². The molecule has 2 heterocycles. The van der Waals surface area contributed by atoms with Crippen LogP contribution in [-0.2, 0) is 18.3 Å². The maximum atomic E-state index is 5.63. The molecule has 7 nitrogen and oxygen atoms in total. The third-order valence-corrected chi connectivity index (χ3v) is 5.63. The Morgan fingerprint density at radius 3 is 2.73 bits per heavy atom. The van der Waals surface area contributed by atoms with Crippen LogP contribution in [-0.4, -0.2) is 58.0 Å². The van der Waals surface area contributed by atoms with Gasteiger partial charge in [-0.1, -0.05) is 19.3 Å². The maximum absolute atomic E-state index is 5.63. The third-order valence-electron chi connectivity index (χ3n) is 5.63. The van der Waals surface area contributed by atoms with Crippen molar-refractivity contribution < 1.29 is 4.74 Å². The van der Waals surface area contributed by atoms with Crippen molar-refractivity contribution in [3.8, 4) is 0 Å². The van der Waals surface area contributed by atoms with Gasteiger partial charge in [0.15, 0.2) is 11.8 Å². The second-order valence-electron chi connectivity index (χ2n) is 7.60. The lowest BCUT2D eigenvalue weighted by molar-refractivity contribution is 0.114. The van der Waals surface area contributed by atoms with Crippen LogP contribution >= 0.6 is 0 Å². The molecular weight excluding hydrogens is 328 g/mol. The second-order valence-corrected chi connectivity index (χ2v) is 7.60. The number of nitrogens with zero attached hydrogens (tertiary/aromatic N) is 5. The molecule has 0 bridgehead atoms. The normalized spacial score (nSPS) is 22.2. The van der Waals surface area contributed by atoms with Crippen molar-refractivity contribution in [3.05, 3.63) is 11.6 Å². The highest BCUT2D eigenvalue weighted by Gasteiger charge is 2.27. The lowest BCUT2D eigenvalue weighted by atomic mass is 9.96. The van der Waals surface area contributed by atoms with E-state index in [1.54, 1.807) is 0 Å². The summed E-state index contributed by atoms with van der Waals surface area (Å²) in [5.74, 6) is 3.48. The second kappa shape index (κ2) is 9.35. The van der Waals surface area contributed by atoms with Crippen molar-refractivity contribution in [2.75, 3.05) is 26.3 Å². The van der Waals surface area contributed by atoms with Gasteiger partial charge in [0.2, 0.25) is 0 Å². The van der Waals surface area contributed by atoms with E-state index in [0.717, 1.165) is 43.9 Å². The third kappa shape index (κ3) is 4.96. The Morgan fingerprint density at radius 1 is 1.23 bits per heavy atom. The van der Waals surface area contributed by atoms with Crippen LogP contribution in [0, 0.1) is 12.8 Å². The molecule has 0 aromatic carbocycles. The summed E-state index contributed by atoms with van der Waals surface area (Å²) in [5.41, 5.74) is 0. The summed E-state index contributed by atoms with van der Waals surface area (Å²) in [6.45, 7) is 8.33. The average Bonchev–Trinajstić information content (AvgIpc) is 3.26. The van der Waals surface area contributed by atoms with Gasteiger partial charge >= 0.3 is 0 Å². The zero-order valence-electron chi connectivity index (χ0n) is 16.6. The number of guanidine groups is 1. The Hall–Kier alpha value is -1.63. The molecule has 0 radical (unpaired) electrons. The van der Waals surface area contributed by atoms with E-state index in [4.69, 9.17) is 9.73 Å². The van der Waals surface area contributed by atoms with Crippen LogP contribution in [0.3, 0.4) is 0 Å². The molecule has 1 aliphatic heterocycles. The topological polar surface area (TPSA) is 67.6 Å². The molecule has 0 amide bonds. The quantitative estimate of drug-likeness (QED) is 0.621. The zero-order valence-corrected chi connectivity index (χ0v) is 16.6. The maximum Gasteiger partial charge on any atom is 0.194 e. The van der Waals surface area contributed by atoms with Gasteiger partial charge in [-0.3, -0.25) is 0 Å². The van der Waals surface area contributed by atoms with Gasteiger partial charge in [-0.05, 0) is 33.1 Å². The molecule has 2 fully saturated rings. The first-order chi connectivity index (χ1) is 12.7. The van der Waals surface area contributed by atoms with E-state index in [2.05, 4.69) is 27.3 Å². The summed E-state index contributed by atoms with van der Waals surface area (Å²) in [6, 6.07) is 0.551. The molecule has 1 aromatic heterocycles. The van der Waals surface area contributed by atoms with Gasteiger partial charge in [-0.2, -0.15) is 0 Å². The lowest BCUT2D eigenvalue weighted by Crippen LogP contribution is -2.46. The van der Waals surface area contributed by atoms with Crippen molar-refractivity contribution in [1.29, 1.82) is 0 Å². The van der Waals surface area contributed by atoms with E-state index in [9.17, 15) is 0 Å². The summed E-state index contributed by atoms with van der Waals surface area (Å²) in [5, 5.41) is 12.2. The summed E-state index contributed by atoms with van der Waals surface area (Å²) in [7, 11) is 2.00. The Bertz CT molecular complexity index is 593. The number of hydrogen-bond donors (Lipinski definition) is 1. The predicted octanol–water partition coefficient (Wildman–Crippen LogP) is 2.26. The predicted molar refractivity (Wildman–Crippen MR) is 103 cm³/mol. The van der Waals surface area contributed by atoms with Gasteiger partial charge in [0.25, 0.3) is 0 Å². The minimum atomic E-state index is 0.551. The van der Waals surface area contributed by atoms with E-state index >= 15 is 0 Å². The molecule has 2 aliphatic rings. The number of hydrogen-bond acceptors (Lipinski definition) is 4. The molecule has 3 rings (SSSR count). The molecule has 7 heteroatoms. The average molecular weight is 363 g/mol. The molecule has 1 N–H and O–H groups in total. The molecule has 1 saturated heterocycles. The van der Waals surface area contributed by atoms with E-state index in [0.29, 0.717) is 18.5 Å². The first-order valence-electron chi connectivity index (χ1n) is 10.2. The van der Waals surface area contributed by atoms with E-state index in [1.807, 2.05) is 18.5 Å².